The van der Waals surface area contributed by atoms with Crippen LogP contribution in [0.4, 0.5) is 24.5 Å². The fourth-order valence-corrected chi connectivity index (χ4v) is 2.28. The van der Waals surface area contributed by atoms with Gasteiger partial charge >= 0.3 is 12.1 Å². The van der Waals surface area contributed by atoms with E-state index in [0.717, 1.165) is 17.2 Å². The molecule has 0 unspecified atom stereocenters. The zero-order chi connectivity index (χ0) is 22.5. The van der Waals surface area contributed by atoms with Crippen LogP contribution in [0.3, 0.4) is 0 Å². The van der Waals surface area contributed by atoms with Gasteiger partial charge in [0, 0.05) is 6.07 Å². The summed E-state index contributed by atoms with van der Waals surface area (Å²) in [4.78, 5) is 33.5. The molecule has 2 rings (SSSR count). The van der Waals surface area contributed by atoms with Gasteiger partial charge in [-0.2, -0.15) is 13.2 Å². The van der Waals surface area contributed by atoms with Gasteiger partial charge in [-0.3, -0.25) is 14.9 Å². The highest BCUT2D eigenvalue weighted by atomic mass is 19.4. The molecule has 0 bridgehead atoms. The number of alkyl halides is 3. The van der Waals surface area contributed by atoms with E-state index in [9.17, 15) is 32.9 Å². The maximum atomic E-state index is 12.7. The number of hydrogen-bond donors (Lipinski definition) is 1. The van der Waals surface area contributed by atoms with Crippen molar-refractivity contribution in [1.29, 1.82) is 0 Å². The van der Waals surface area contributed by atoms with Gasteiger partial charge < -0.3 is 14.8 Å². The molecule has 1 N–H and O–H groups in total. The van der Waals surface area contributed by atoms with E-state index in [1.54, 1.807) is 18.2 Å². The van der Waals surface area contributed by atoms with Crippen molar-refractivity contribution in [2.75, 3.05) is 18.5 Å². The number of nitro benzene ring substituents is 1. The maximum Gasteiger partial charge on any atom is 0.416 e. The summed E-state index contributed by atoms with van der Waals surface area (Å²) in [5.41, 5.74) is -0.637. The van der Waals surface area contributed by atoms with E-state index < -0.39 is 53.1 Å². The quantitative estimate of drug-likeness (QED) is 0.410. The second kappa shape index (κ2) is 9.25. The lowest BCUT2D eigenvalue weighted by Gasteiger charge is -2.11. The van der Waals surface area contributed by atoms with Crippen molar-refractivity contribution in [1.82, 2.24) is 0 Å². The summed E-state index contributed by atoms with van der Waals surface area (Å²) in [6.45, 7) is 2.50. The third-order valence-electron chi connectivity index (χ3n) is 4.00. The van der Waals surface area contributed by atoms with Gasteiger partial charge in [0.15, 0.2) is 13.2 Å². The van der Waals surface area contributed by atoms with Crippen molar-refractivity contribution in [3.63, 3.8) is 0 Å². The van der Waals surface area contributed by atoms with Crippen LogP contribution in [-0.4, -0.2) is 30.0 Å². The number of nitrogens with one attached hydrogen (secondary N) is 1. The SMILES string of the molecule is Cc1ccc(OCC(=O)OCC(=O)Nc2ccc(C(F)(F)F)cc2[N+](=O)[O-])cc1C. The molecule has 30 heavy (non-hydrogen) atoms. The molecule has 2 aromatic carbocycles. The van der Waals surface area contributed by atoms with Crippen LogP contribution in [0.15, 0.2) is 36.4 Å². The van der Waals surface area contributed by atoms with Crippen LogP contribution in [0.1, 0.15) is 16.7 Å². The molecule has 0 spiro atoms. The first-order valence-corrected chi connectivity index (χ1v) is 8.48. The number of carbonyl (C=O) groups excluding carboxylic acids is 2. The number of ether oxygens (including phenoxy) is 2. The average Bonchev–Trinajstić information content (AvgIpc) is 2.66. The topological polar surface area (TPSA) is 108 Å². The third-order valence-corrected chi connectivity index (χ3v) is 4.00. The number of amides is 1. The molecule has 1 amide bonds. The number of nitrogens with zero attached hydrogens (tertiary/aromatic N) is 1. The van der Waals surface area contributed by atoms with Crippen LogP contribution in [0, 0.1) is 24.0 Å². The van der Waals surface area contributed by atoms with Gasteiger partial charge in [-0.25, -0.2) is 4.79 Å². The first-order valence-electron chi connectivity index (χ1n) is 8.48. The Morgan fingerprint density at radius 1 is 1.07 bits per heavy atom. The molecule has 0 aliphatic carbocycles. The lowest BCUT2D eigenvalue weighted by Crippen LogP contribution is -2.24. The molecule has 0 atom stereocenters. The summed E-state index contributed by atoms with van der Waals surface area (Å²) in [6.07, 6.45) is -4.78. The fraction of sp³-hybridized carbons (Fsp3) is 0.263. The largest absolute Gasteiger partial charge is 0.482 e. The lowest BCUT2D eigenvalue weighted by molar-refractivity contribution is -0.384. The molecular weight excluding hydrogens is 409 g/mol. The van der Waals surface area contributed by atoms with E-state index in [4.69, 9.17) is 9.47 Å². The number of benzene rings is 2. The predicted molar refractivity (Wildman–Crippen MR) is 99.1 cm³/mol. The van der Waals surface area contributed by atoms with Crippen molar-refractivity contribution in [3.05, 3.63) is 63.2 Å². The normalized spacial score (nSPS) is 11.0. The van der Waals surface area contributed by atoms with Crippen molar-refractivity contribution in [3.8, 4) is 5.75 Å². The Bertz CT molecular complexity index is 975. The highest BCUT2D eigenvalue weighted by Crippen LogP contribution is 2.34. The summed E-state index contributed by atoms with van der Waals surface area (Å²) < 4.78 is 48.0. The summed E-state index contributed by atoms with van der Waals surface area (Å²) in [7, 11) is 0. The van der Waals surface area contributed by atoms with E-state index >= 15 is 0 Å². The Kier molecular flexibility index (Phi) is 6.98. The fourth-order valence-electron chi connectivity index (χ4n) is 2.28. The minimum absolute atomic E-state index is 0.305. The van der Waals surface area contributed by atoms with E-state index in [1.807, 2.05) is 19.2 Å². The zero-order valence-electron chi connectivity index (χ0n) is 15.9. The Morgan fingerprint density at radius 3 is 2.37 bits per heavy atom. The van der Waals surface area contributed by atoms with Crippen LogP contribution < -0.4 is 10.1 Å². The number of halogens is 3. The molecule has 0 aromatic heterocycles. The van der Waals surface area contributed by atoms with Gasteiger partial charge in [0.05, 0.1) is 10.5 Å². The summed E-state index contributed by atoms with van der Waals surface area (Å²) in [5, 5.41) is 13.0. The molecule has 8 nitrogen and oxygen atoms in total. The third kappa shape index (κ3) is 6.19. The summed E-state index contributed by atoms with van der Waals surface area (Å²) in [5.74, 6) is -1.40. The van der Waals surface area contributed by atoms with Crippen molar-refractivity contribution in [2.45, 2.75) is 20.0 Å². The van der Waals surface area contributed by atoms with Gasteiger partial charge in [-0.1, -0.05) is 6.07 Å². The minimum atomic E-state index is -4.78. The summed E-state index contributed by atoms with van der Waals surface area (Å²) >= 11 is 0. The number of anilines is 1. The maximum absolute atomic E-state index is 12.7. The molecule has 2 aromatic rings. The number of aryl methyl sites for hydroxylation is 2. The van der Waals surface area contributed by atoms with Crippen LogP contribution in [0.2, 0.25) is 0 Å². The van der Waals surface area contributed by atoms with Crippen LogP contribution in [0.25, 0.3) is 0 Å². The molecule has 160 valence electrons. The second-order valence-electron chi connectivity index (χ2n) is 6.23. The Labute approximate surface area is 168 Å². The van der Waals surface area contributed by atoms with Crippen molar-refractivity contribution >= 4 is 23.3 Å². The molecule has 0 radical (unpaired) electrons. The Morgan fingerprint density at radius 2 is 1.77 bits per heavy atom. The monoisotopic (exact) mass is 426 g/mol. The molecule has 0 saturated heterocycles. The summed E-state index contributed by atoms with van der Waals surface area (Å²) in [6, 6.07) is 6.83. The standard InChI is InChI=1S/C19H17F3N2O6/c1-11-3-5-14(7-12(11)2)29-10-18(26)30-9-17(25)23-15-6-4-13(19(20,21)22)8-16(15)24(27)28/h3-8H,9-10H2,1-2H3,(H,23,25). The number of carbonyl (C=O) groups is 2. The lowest BCUT2D eigenvalue weighted by atomic mass is 10.1. The predicted octanol–water partition coefficient (Wildman–Crippen LogP) is 3.79. The van der Waals surface area contributed by atoms with Gasteiger partial charge in [-0.05, 0) is 49.2 Å². The minimum Gasteiger partial charge on any atom is -0.482 e. The van der Waals surface area contributed by atoms with E-state index in [0.29, 0.717) is 17.9 Å². The zero-order valence-corrected chi connectivity index (χ0v) is 15.9. The Hall–Kier alpha value is -3.63. The molecule has 0 fully saturated rings. The molecule has 0 aliphatic heterocycles. The van der Waals surface area contributed by atoms with Crippen LogP contribution >= 0.6 is 0 Å². The molecule has 11 heteroatoms. The van der Waals surface area contributed by atoms with Gasteiger partial charge in [0.2, 0.25) is 0 Å². The van der Waals surface area contributed by atoms with Crippen LogP contribution in [-0.2, 0) is 20.5 Å². The highest BCUT2D eigenvalue weighted by Gasteiger charge is 2.33. The molecule has 0 saturated carbocycles. The number of nitro groups is 1. The van der Waals surface area contributed by atoms with Gasteiger partial charge in [0.1, 0.15) is 11.4 Å². The molecular formula is C19H17F3N2O6. The van der Waals surface area contributed by atoms with E-state index in [-0.39, 0.29) is 0 Å². The number of hydrogen-bond acceptors (Lipinski definition) is 6. The van der Waals surface area contributed by atoms with Crippen molar-refractivity contribution in [2.24, 2.45) is 0 Å². The van der Waals surface area contributed by atoms with E-state index in [1.165, 1.54) is 0 Å². The second-order valence-corrected chi connectivity index (χ2v) is 6.23. The smallest absolute Gasteiger partial charge is 0.416 e. The average molecular weight is 426 g/mol. The molecule has 0 aliphatic rings. The van der Waals surface area contributed by atoms with E-state index in [2.05, 4.69) is 0 Å². The number of rotatable bonds is 7. The first-order chi connectivity index (χ1) is 14.0. The van der Waals surface area contributed by atoms with Crippen LogP contribution in [0.5, 0.6) is 5.75 Å². The van der Waals surface area contributed by atoms with Crippen molar-refractivity contribution < 1.29 is 37.2 Å². The van der Waals surface area contributed by atoms with Gasteiger partial charge in [0.25, 0.3) is 11.6 Å². The molecule has 0 heterocycles. The first kappa shape index (κ1) is 22.7. The Balaban J connectivity index is 1.91. The van der Waals surface area contributed by atoms with Gasteiger partial charge in [-0.15, -0.1) is 0 Å². The number of esters is 1. The highest BCUT2D eigenvalue weighted by molar-refractivity contribution is 5.95.